The van der Waals surface area contributed by atoms with E-state index in [0.717, 1.165) is 6.42 Å². The molecule has 0 aromatic rings. The largest absolute Gasteiger partial charge is 0.465 e. The van der Waals surface area contributed by atoms with E-state index in [2.05, 4.69) is 0 Å². The number of hydrogen-bond acceptors (Lipinski definition) is 4. The highest BCUT2D eigenvalue weighted by Crippen LogP contribution is 2.11. The third kappa shape index (κ3) is 6.06. The first-order chi connectivity index (χ1) is 6.67. The summed E-state index contributed by atoms with van der Waals surface area (Å²) in [6.45, 7) is 5.92. The van der Waals surface area contributed by atoms with Crippen LogP contribution in [0, 0.1) is 5.92 Å². The number of carbonyl (C=O) groups is 2. The molecule has 15 heavy (non-hydrogen) atoms. The van der Waals surface area contributed by atoms with Gasteiger partial charge in [0.25, 0.3) is 0 Å². The van der Waals surface area contributed by atoms with Crippen LogP contribution in [0.1, 0.15) is 33.6 Å². The van der Waals surface area contributed by atoms with Gasteiger partial charge in [0, 0.05) is 0 Å². The van der Waals surface area contributed by atoms with Gasteiger partial charge in [-0.15, -0.1) is 0 Å². The van der Waals surface area contributed by atoms with E-state index >= 15 is 0 Å². The average molecular weight is 220 g/mol. The van der Waals surface area contributed by atoms with Crippen molar-refractivity contribution in [1.82, 2.24) is 0 Å². The minimum atomic E-state index is -0.750. The van der Waals surface area contributed by atoms with E-state index in [4.69, 9.17) is 9.47 Å². The summed E-state index contributed by atoms with van der Waals surface area (Å²) >= 11 is 0. The van der Waals surface area contributed by atoms with Crippen molar-refractivity contribution < 1.29 is 24.5 Å². The topological polar surface area (TPSA) is 84.1 Å². The standard InChI is InChI=1S/C10H18O4.H2O/c1-4-7-8(9(11)13-5-2)10(12)14-6-3;/h8H,4-7H2,1-3H3;1H2. The first-order valence-corrected chi connectivity index (χ1v) is 5.00. The fraction of sp³-hybridized carbons (Fsp3) is 0.800. The van der Waals surface area contributed by atoms with Crippen LogP contribution in [0.25, 0.3) is 0 Å². The summed E-state index contributed by atoms with van der Waals surface area (Å²) in [5, 5.41) is 0. The van der Waals surface area contributed by atoms with Gasteiger partial charge in [-0.05, 0) is 20.3 Å². The maximum absolute atomic E-state index is 11.3. The van der Waals surface area contributed by atoms with Crippen molar-refractivity contribution in [3.8, 4) is 0 Å². The first kappa shape index (κ1) is 16.3. The van der Waals surface area contributed by atoms with Gasteiger partial charge in [-0.3, -0.25) is 9.59 Å². The quantitative estimate of drug-likeness (QED) is 0.487. The van der Waals surface area contributed by atoms with Crippen LogP contribution in [0.5, 0.6) is 0 Å². The molecule has 90 valence electrons. The highest BCUT2D eigenvalue weighted by molar-refractivity contribution is 5.94. The van der Waals surface area contributed by atoms with E-state index in [9.17, 15) is 9.59 Å². The lowest BCUT2D eigenvalue weighted by atomic mass is 10.0. The van der Waals surface area contributed by atoms with Gasteiger partial charge in [0.2, 0.25) is 0 Å². The Hall–Kier alpha value is -1.10. The monoisotopic (exact) mass is 220 g/mol. The van der Waals surface area contributed by atoms with Gasteiger partial charge in [-0.1, -0.05) is 13.3 Å². The van der Waals surface area contributed by atoms with Crippen molar-refractivity contribution in [1.29, 1.82) is 0 Å². The van der Waals surface area contributed by atoms with Crippen LogP contribution in [0.2, 0.25) is 0 Å². The molecule has 0 aliphatic carbocycles. The number of ether oxygens (including phenoxy) is 2. The molecule has 0 rings (SSSR count). The summed E-state index contributed by atoms with van der Waals surface area (Å²) in [5.41, 5.74) is 0. The molecule has 0 heterocycles. The van der Waals surface area contributed by atoms with Gasteiger partial charge in [-0.2, -0.15) is 0 Å². The molecule has 5 heteroatoms. The van der Waals surface area contributed by atoms with Crippen LogP contribution >= 0.6 is 0 Å². The SMILES string of the molecule is CCCC(C(=O)OCC)C(=O)OCC.O. The van der Waals surface area contributed by atoms with Crippen molar-refractivity contribution in [2.45, 2.75) is 33.6 Å². The van der Waals surface area contributed by atoms with Gasteiger partial charge < -0.3 is 14.9 Å². The van der Waals surface area contributed by atoms with Crippen LogP contribution in [0.4, 0.5) is 0 Å². The number of rotatable bonds is 6. The summed E-state index contributed by atoms with van der Waals surface area (Å²) in [7, 11) is 0. The molecular formula is C10H20O5. The smallest absolute Gasteiger partial charge is 0.320 e. The van der Waals surface area contributed by atoms with E-state index < -0.39 is 17.9 Å². The van der Waals surface area contributed by atoms with E-state index in [-0.39, 0.29) is 5.48 Å². The molecule has 0 spiro atoms. The van der Waals surface area contributed by atoms with Crippen LogP contribution in [-0.2, 0) is 19.1 Å². The molecule has 0 saturated carbocycles. The van der Waals surface area contributed by atoms with E-state index in [1.54, 1.807) is 13.8 Å². The zero-order valence-corrected chi connectivity index (χ0v) is 9.54. The Bertz CT molecular complexity index is 172. The van der Waals surface area contributed by atoms with Gasteiger partial charge in [0.05, 0.1) is 13.2 Å². The number of carbonyl (C=O) groups excluding carboxylic acids is 2. The predicted molar refractivity (Wildman–Crippen MR) is 55.3 cm³/mol. The molecule has 0 aromatic carbocycles. The van der Waals surface area contributed by atoms with Gasteiger partial charge in [0.1, 0.15) is 0 Å². The molecule has 0 unspecified atom stereocenters. The van der Waals surface area contributed by atoms with E-state index in [0.29, 0.717) is 19.6 Å². The number of esters is 2. The van der Waals surface area contributed by atoms with Crippen molar-refractivity contribution in [2.24, 2.45) is 5.92 Å². The zero-order valence-electron chi connectivity index (χ0n) is 9.54. The van der Waals surface area contributed by atoms with Crippen molar-refractivity contribution in [3.63, 3.8) is 0 Å². The van der Waals surface area contributed by atoms with Crippen LogP contribution in [-0.4, -0.2) is 30.6 Å². The first-order valence-electron chi connectivity index (χ1n) is 5.00. The molecule has 0 aromatic heterocycles. The van der Waals surface area contributed by atoms with Gasteiger partial charge in [0.15, 0.2) is 5.92 Å². The summed E-state index contributed by atoms with van der Waals surface area (Å²) in [6, 6.07) is 0. The Labute approximate surface area is 90.1 Å². The molecule has 0 aliphatic rings. The molecule has 5 nitrogen and oxygen atoms in total. The van der Waals surface area contributed by atoms with E-state index in [1.807, 2.05) is 6.92 Å². The summed E-state index contributed by atoms with van der Waals surface area (Å²) in [5.74, 6) is -1.71. The average Bonchev–Trinajstić information content (AvgIpc) is 2.14. The highest BCUT2D eigenvalue weighted by atomic mass is 16.6. The molecule has 0 atom stereocenters. The van der Waals surface area contributed by atoms with Crippen molar-refractivity contribution >= 4 is 11.9 Å². The van der Waals surface area contributed by atoms with E-state index in [1.165, 1.54) is 0 Å². The Balaban J connectivity index is 0. The Morgan fingerprint density at radius 1 is 1.00 bits per heavy atom. The molecule has 2 N–H and O–H groups in total. The number of hydrogen-bond donors (Lipinski definition) is 0. The van der Waals surface area contributed by atoms with Crippen LogP contribution in [0.3, 0.4) is 0 Å². The maximum atomic E-state index is 11.3. The summed E-state index contributed by atoms with van der Waals surface area (Å²) in [6.07, 6.45) is 1.24. The van der Waals surface area contributed by atoms with Crippen molar-refractivity contribution in [2.75, 3.05) is 13.2 Å². The third-order valence-corrected chi connectivity index (χ3v) is 1.72. The fourth-order valence-corrected chi connectivity index (χ4v) is 1.11. The molecule has 0 fully saturated rings. The van der Waals surface area contributed by atoms with Gasteiger partial charge >= 0.3 is 11.9 Å². The summed E-state index contributed by atoms with van der Waals surface area (Å²) < 4.78 is 9.57. The molecule has 0 aliphatic heterocycles. The molecule has 0 radical (unpaired) electrons. The minimum absolute atomic E-state index is 0. The predicted octanol–water partition coefficient (Wildman–Crippen LogP) is 0.704. The highest BCUT2D eigenvalue weighted by Gasteiger charge is 2.28. The second-order valence-electron chi connectivity index (χ2n) is 2.85. The Kier molecular flexibility index (Phi) is 10.3. The second kappa shape index (κ2) is 9.45. The Morgan fingerprint density at radius 3 is 1.67 bits per heavy atom. The second-order valence-corrected chi connectivity index (χ2v) is 2.85. The Morgan fingerprint density at radius 2 is 1.40 bits per heavy atom. The van der Waals surface area contributed by atoms with Gasteiger partial charge in [-0.25, -0.2) is 0 Å². The lowest BCUT2D eigenvalue weighted by molar-refractivity contribution is -0.161. The molecule has 0 amide bonds. The van der Waals surface area contributed by atoms with Crippen LogP contribution < -0.4 is 0 Å². The van der Waals surface area contributed by atoms with Crippen LogP contribution in [0.15, 0.2) is 0 Å². The third-order valence-electron chi connectivity index (χ3n) is 1.72. The molecular weight excluding hydrogens is 200 g/mol. The normalized spacial score (nSPS) is 9.33. The van der Waals surface area contributed by atoms with Crippen molar-refractivity contribution in [3.05, 3.63) is 0 Å². The maximum Gasteiger partial charge on any atom is 0.320 e. The minimum Gasteiger partial charge on any atom is -0.465 e. The molecule has 0 saturated heterocycles. The fourth-order valence-electron chi connectivity index (χ4n) is 1.11. The lowest BCUT2D eigenvalue weighted by Crippen LogP contribution is -2.27. The zero-order chi connectivity index (χ0) is 11.0. The molecule has 0 bridgehead atoms. The lowest BCUT2D eigenvalue weighted by Gasteiger charge is -2.12. The summed E-state index contributed by atoms with van der Waals surface area (Å²) in [4.78, 5) is 22.7.